The fraction of sp³-hybridized carbons (Fsp3) is 0.571. The fourth-order valence-corrected chi connectivity index (χ4v) is 3.00. The van der Waals surface area contributed by atoms with E-state index in [9.17, 15) is 0 Å². The van der Waals surface area contributed by atoms with Gasteiger partial charge in [-0.25, -0.2) is 0 Å². The zero-order chi connectivity index (χ0) is 11.2. The lowest BCUT2D eigenvalue weighted by Crippen LogP contribution is -2.26. The maximum atomic E-state index is 3.61. The lowest BCUT2D eigenvalue weighted by molar-refractivity contribution is 0.434. The van der Waals surface area contributed by atoms with E-state index < -0.39 is 0 Å². The molecular formula is C14H21NS. The number of allylic oxidation sites excluding steroid dienone is 2. The summed E-state index contributed by atoms with van der Waals surface area (Å²) < 4.78 is 0. The average Bonchev–Trinajstić information content (AvgIpc) is 2.84. The molecular weight excluding hydrogens is 214 g/mol. The van der Waals surface area contributed by atoms with E-state index in [1.165, 1.54) is 31.4 Å². The molecule has 0 aliphatic heterocycles. The van der Waals surface area contributed by atoms with E-state index in [0.717, 1.165) is 12.5 Å². The molecule has 2 heteroatoms. The van der Waals surface area contributed by atoms with Crippen LogP contribution >= 0.6 is 11.3 Å². The lowest BCUT2D eigenvalue weighted by Gasteiger charge is -2.19. The van der Waals surface area contributed by atoms with E-state index in [1.807, 2.05) is 0 Å². The Kier molecular flexibility index (Phi) is 4.61. The molecule has 0 saturated carbocycles. The van der Waals surface area contributed by atoms with Gasteiger partial charge in [0, 0.05) is 6.54 Å². The summed E-state index contributed by atoms with van der Waals surface area (Å²) in [6.45, 7) is 4.59. The van der Waals surface area contributed by atoms with Gasteiger partial charge in [-0.3, -0.25) is 0 Å². The third kappa shape index (κ3) is 3.46. The number of nitrogens with one attached hydrogen (secondary N) is 1. The Hall–Kier alpha value is -0.600. The average molecular weight is 235 g/mol. The van der Waals surface area contributed by atoms with E-state index in [4.69, 9.17) is 0 Å². The van der Waals surface area contributed by atoms with E-state index in [2.05, 4.69) is 41.2 Å². The van der Waals surface area contributed by atoms with Crippen molar-refractivity contribution in [3.63, 3.8) is 0 Å². The summed E-state index contributed by atoms with van der Waals surface area (Å²) in [5, 5.41) is 8.04. The minimum Gasteiger partial charge on any atom is -0.316 e. The molecule has 1 aromatic heterocycles. The van der Waals surface area contributed by atoms with Crippen molar-refractivity contribution >= 4 is 11.3 Å². The molecule has 88 valence electrons. The van der Waals surface area contributed by atoms with Crippen LogP contribution in [0, 0.1) is 5.92 Å². The van der Waals surface area contributed by atoms with Crippen LogP contribution in [0.4, 0.5) is 0 Å². The van der Waals surface area contributed by atoms with Gasteiger partial charge in [-0.1, -0.05) is 19.1 Å². The molecule has 1 aliphatic carbocycles. The van der Waals surface area contributed by atoms with Crippen molar-refractivity contribution in [3.05, 3.63) is 34.5 Å². The smallest absolute Gasteiger partial charge is 0.00179 e. The highest BCUT2D eigenvalue weighted by molar-refractivity contribution is 7.07. The van der Waals surface area contributed by atoms with Gasteiger partial charge in [0.05, 0.1) is 0 Å². The third-order valence-electron chi connectivity index (χ3n) is 3.37. The number of hydrogen-bond acceptors (Lipinski definition) is 2. The standard InChI is InChI=1S/C14H21NS/c1-12(14-7-8-16-11-14)9-15-10-13-5-3-2-4-6-13/h2-3,7-8,11-13,15H,4-6,9-10H2,1H3. The van der Waals surface area contributed by atoms with Crippen molar-refractivity contribution in [2.24, 2.45) is 5.92 Å². The molecule has 1 heterocycles. The molecule has 2 atom stereocenters. The Morgan fingerprint density at radius 2 is 2.44 bits per heavy atom. The summed E-state index contributed by atoms with van der Waals surface area (Å²) in [4.78, 5) is 0. The SMILES string of the molecule is CC(CNCC1CC=CCC1)c1ccsc1. The van der Waals surface area contributed by atoms with Gasteiger partial charge >= 0.3 is 0 Å². The summed E-state index contributed by atoms with van der Waals surface area (Å²) in [5.74, 6) is 1.50. The highest BCUT2D eigenvalue weighted by Crippen LogP contribution is 2.19. The lowest BCUT2D eigenvalue weighted by atomic mass is 9.94. The van der Waals surface area contributed by atoms with Crippen LogP contribution < -0.4 is 5.32 Å². The van der Waals surface area contributed by atoms with Gasteiger partial charge in [0.25, 0.3) is 0 Å². The zero-order valence-electron chi connectivity index (χ0n) is 9.99. The maximum Gasteiger partial charge on any atom is 0.00179 e. The summed E-state index contributed by atoms with van der Waals surface area (Å²) in [6.07, 6.45) is 8.53. The van der Waals surface area contributed by atoms with Crippen molar-refractivity contribution in [1.29, 1.82) is 0 Å². The largest absolute Gasteiger partial charge is 0.316 e. The first-order valence-corrected chi connectivity index (χ1v) is 7.18. The van der Waals surface area contributed by atoms with Gasteiger partial charge in [0.1, 0.15) is 0 Å². The first-order chi connectivity index (χ1) is 7.86. The van der Waals surface area contributed by atoms with E-state index in [-0.39, 0.29) is 0 Å². The highest BCUT2D eigenvalue weighted by atomic mass is 32.1. The molecule has 0 amide bonds. The van der Waals surface area contributed by atoms with Crippen LogP contribution in [0.3, 0.4) is 0 Å². The Labute approximate surface area is 103 Å². The van der Waals surface area contributed by atoms with Crippen molar-refractivity contribution in [1.82, 2.24) is 5.32 Å². The van der Waals surface area contributed by atoms with Crippen LogP contribution in [0.1, 0.15) is 37.7 Å². The summed E-state index contributed by atoms with van der Waals surface area (Å²) in [6, 6.07) is 2.24. The van der Waals surface area contributed by atoms with Crippen LogP contribution in [0.25, 0.3) is 0 Å². The van der Waals surface area contributed by atoms with Crippen LogP contribution in [-0.4, -0.2) is 13.1 Å². The quantitative estimate of drug-likeness (QED) is 0.766. The number of rotatable bonds is 5. The molecule has 0 saturated heterocycles. The van der Waals surface area contributed by atoms with Crippen LogP contribution in [-0.2, 0) is 0 Å². The van der Waals surface area contributed by atoms with Gasteiger partial charge in [0.15, 0.2) is 0 Å². The summed E-state index contributed by atoms with van der Waals surface area (Å²) in [5.41, 5.74) is 1.47. The Morgan fingerprint density at radius 1 is 1.50 bits per heavy atom. The van der Waals surface area contributed by atoms with E-state index >= 15 is 0 Å². The van der Waals surface area contributed by atoms with Crippen molar-refractivity contribution in [2.75, 3.05) is 13.1 Å². The second-order valence-electron chi connectivity index (χ2n) is 4.77. The third-order valence-corrected chi connectivity index (χ3v) is 4.07. The van der Waals surface area contributed by atoms with Gasteiger partial charge in [-0.05, 0) is 60.0 Å². The molecule has 0 spiro atoms. The number of thiophene rings is 1. The fourth-order valence-electron chi connectivity index (χ4n) is 2.22. The second-order valence-corrected chi connectivity index (χ2v) is 5.55. The van der Waals surface area contributed by atoms with Crippen LogP contribution in [0.2, 0.25) is 0 Å². The Bertz CT molecular complexity index is 315. The van der Waals surface area contributed by atoms with Crippen molar-refractivity contribution in [3.8, 4) is 0 Å². The molecule has 0 radical (unpaired) electrons. The second kappa shape index (κ2) is 6.21. The summed E-state index contributed by atoms with van der Waals surface area (Å²) >= 11 is 1.79. The number of hydrogen-bond donors (Lipinski definition) is 1. The van der Waals surface area contributed by atoms with Gasteiger partial charge in [-0.2, -0.15) is 11.3 Å². The Morgan fingerprint density at radius 3 is 3.12 bits per heavy atom. The van der Waals surface area contributed by atoms with Crippen LogP contribution in [0.5, 0.6) is 0 Å². The predicted molar refractivity (Wildman–Crippen MR) is 72.1 cm³/mol. The van der Waals surface area contributed by atoms with Gasteiger partial charge in [0.2, 0.25) is 0 Å². The molecule has 0 fully saturated rings. The molecule has 16 heavy (non-hydrogen) atoms. The monoisotopic (exact) mass is 235 g/mol. The first kappa shape index (κ1) is 11.9. The summed E-state index contributed by atoms with van der Waals surface area (Å²) in [7, 11) is 0. The molecule has 2 rings (SSSR count). The molecule has 1 aliphatic rings. The first-order valence-electron chi connectivity index (χ1n) is 6.24. The molecule has 1 N–H and O–H groups in total. The van der Waals surface area contributed by atoms with Crippen molar-refractivity contribution in [2.45, 2.75) is 32.1 Å². The Balaban J connectivity index is 1.66. The zero-order valence-corrected chi connectivity index (χ0v) is 10.8. The van der Waals surface area contributed by atoms with E-state index in [0.29, 0.717) is 5.92 Å². The molecule has 0 bridgehead atoms. The van der Waals surface area contributed by atoms with Crippen LogP contribution in [0.15, 0.2) is 29.0 Å². The van der Waals surface area contributed by atoms with E-state index in [1.54, 1.807) is 11.3 Å². The topological polar surface area (TPSA) is 12.0 Å². The molecule has 1 nitrogen and oxygen atoms in total. The molecule has 2 unspecified atom stereocenters. The minimum absolute atomic E-state index is 0.644. The maximum absolute atomic E-state index is 3.61. The van der Waals surface area contributed by atoms with Crippen molar-refractivity contribution < 1.29 is 0 Å². The van der Waals surface area contributed by atoms with Gasteiger partial charge in [-0.15, -0.1) is 0 Å². The molecule has 0 aromatic carbocycles. The highest BCUT2D eigenvalue weighted by Gasteiger charge is 2.10. The van der Waals surface area contributed by atoms with Gasteiger partial charge < -0.3 is 5.32 Å². The normalized spacial score (nSPS) is 22.2. The minimum atomic E-state index is 0.644. The predicted octanol–water partition coefficient (Wildman–Crippen LogP) is 3.80. The molecule has 1 aromatic rings.